The molecule has 4 aromatic rings. The van der Waals surface area contributed by atoms with Crippen molar-refractivity contribution in [1.29, 1.82) is 0 Å². The van der Waals surface area contributed by atoms with Crippen LogP contribution in [-0.4, -0.2) is 33.3 Å². The highest BCUT2D eigenvalue weighted by molar-refractivity contribution is 6.32. The lowest BCUT2D eigenvalue weighted by molar-refractivity contribution is -0.141. The zero-order valence-electron chi connectivity index (χ0n) is 21.4. The van der Waals surface area contributed by atoms with Crippen molar-refractivity contribution in [2.45, 2.75) is 13.3 Å². The molecule has 0 bridgehead atoms. The van der Waals surface area contributed by atoms with Crippen LogP contribution >= 0.6 is 11.6 Å². The number of ether oxygens (including phenoxy) is 3. The van der Waals surface area contributed by atoms with Gasteiger partial charge >= 0.3 is 11.7 Å². The van der Waals surface area contributed by atoms with E-state index in [4.69, 9.17) is 25.8 Å². The highest BCUT2D eigenvalue weighted by Crippen LogP contribution is 2.36. The van der Waals surface area contributed by atoms with E-state index in [-0.39, 0.29) is 46.9 Å². The van der Waals surface area contributed by atoms with Crippen LogP contribution in [0.25, 0.3) is 5.69 Å². The third kappa shape index (κ3) is 6.40. The summed E-state index contributed by atoms with van der Waals surface area (Å²) in [5.41, 5.74) is -2.86. The lowest BCUT2D eigenvalue weighted by Gasteiger charge is -2.16. The number of nitrogens with zero attached hydrogens (tertiary/aromatic N) is 3. The third-order valence-electron chi connectivity index (χ3n) is 5.73. The van der Waals surface area contributed by atoms with Gasteiger partial charge in [0, 0.05) is 44.4 Å². The first-order valence-electron chi connectivity index (χ1n) is 11.8. The van der Waals surface area contributed by atoms with Gasteiger partial charge in [-0.2, -0.15) is 0 Å². The fourth-order valence-corrected chi connectivity index (χ4v) is 3.92. The van der Waals surface area contributed by atoms with Crippen LogP contribution in [0, 0.1) is 23.3 Å². The number of halogens is 5. The van der Waals surface area contributed by atoms with Crippen molar-refractivity contribution in [3.63, 3.8) is 0 Å². The van der Waals surface area contributed by atoms with Gasteiger partial charge < -0.3 is 14.2 Å². The smallest absolute Gasteiger partial charge is 0.335 e. The predicted molar refractivity (Wildman–Crippen MR) is 138 cm³/mol. The lowest BCUT2D eigenvalue weighted by atomic mass is 10.1. The van der Waals surface area contributed by atoms with Gasteiger partial charge in [-0.3, -0.25) is 14.2 Å². The van der Waals surface area contributed by atoms with Crippen molar-refractivity contribution >= 4 is 17.6 Å². The van der Waals surface area contributed by atoms with Crippen LogP contribution < -0.4 is 20.7 Å². The molecule has 0 amide bonds. The van der Waals surface area contributed by atoms with Crippen LogP contribution in [-0.2, 0) is 23.0 Å². The summed E-state index contributed by atoms with van der Waals surface area (Å²) in [5.74, 6) is -6.21. The Labute approximate surface area is 234 Å². The number of hydrogen-bond acceptors (Lipinski definition) is 7. The molecular formula is C27H20ClF4N3O6. The van der Waals surface area contributed by atoms with Crippen LogP contribution in [0.1, 0.15) is 18.2 Å². The van der Waals surface area contributed by atoms with E-state index in [2.05, 4.69) is 4.98 Å². The molecule has 0 N–H and O–H groups in total. The van der Waals surface area contributed by atoms with Gasteiger partial charge in [-0.25, -0.2) is 31.9 Å². The average Bonchev–Trinajstić information content (AvgIpc) is 2.92. The summed E-state index contributed by atoms with van der Waals surface area (Å²) in [5, 5.41) is -0.212. The number of aromatic nitrogens is 3. The molecule has 2 heterocycles. The first-order valence-corrected chi connectivity index (χ1v) is 12.2. The molecule has 0 aliphatic rings. The largest absolute Gasteiger partial charge is 0.471 e. The first kappa shape index (κ1) is 29.3. The number of carbonyl (C=O) groups is 1. The standard InChI is InChI=1S/C27H20ClF4N3O6/c1-14(36)39-8-9-40-26-21(4-3-7-33-26)41-22-13-20(19(30)12-17(22)28)35-23(37)11-16(34(2)27(35)38)10-15-5-6-18(29)25(32)24(15)31/h3-7,11-13H,8-10H2,1-2H3. The molecule has 41 heavy (non-hydrogen) atoms. The second kappa shape index (κ2) is 12.3. The van der Waals surface area contributed by atoms with E-state index in [0.29, 0.717) is 4.57 Å². The van der Waals surface area contributed by atoms with Crippen molar-refractivity contribution in [2.24, 2.45) is 7.05 Å². The Kier molecular flexibility index (Phi) is 8.77. The van der Waals surface area contributed by atoms with Crippen molar-refractivity contribution < 1.29 is 36.6 Å². The fourth-order valence-electron chi connectivity index (χ4n) is 3.73. The zero-order valence-corrected chi connectivity index (χ0v) is 22.2. The summed E-state index contributed by atoms with van der Waals surface area (Å²) in [4.78, 5) is 41.1. The third-order valence-corrected chi connectivity index (χ3v) is 6.03. The number of hydrogen-bond donors (Lipinski definition) is 0. The summed E-state index contributed by atoms with van der Waals surface area (Å²) in [6, 6.07) is 7.47. The van der Waals surface area contributed by atoms with Gasteiger partial charge in [0.2, 0.25) is 0 Å². The fraction of sp³-hybridized carbons (Fsp3) is 0.185. The summed E-state index contributed by atoms with van der Waals surface area (Å²) in [6.45, 7) is 1.13. The van der Waals surface area contributed by atoms with Crippen molar-refractivity contribution in [1.82, 2.24) is 14.1 Å². The zero-order chi connectivity index (χ0) is 29.8. The minimum absolute atomic E-state index is 0.0107. The molecule has 0 spiro atoms. The number of benzene rings is 2. The number of esters is 1. The maximum Gasteiger partial charge on any atom is 0.335 e. The molecule has 0 radical (unpaired) electrons. The van der Waals surface area contributed by atoms with Crippen molar-refractivity contribution in [2.75, 3.05) is 13.2 Å². The minimum Gasteiger partial charge on any atom is -0.471 e. The van der Waals surface area contributed by atoms with Gasteiger partial charge in [0.1, 0.15) is 24.8 Å². The minimum atomic E-state index is -1.69. The predicted octanol–water partition coefficient (Wildman–Crippen LogP) is 4.47. The van der Waals surface area contributed by atoms with Gasteiger partial charge in [0.25, 0.3) is 11.4 Å². The Bertz CT molecular complexity index is 1760. The maximum atomic E-state index is 15.0. The summed E-state index contributed by atoms with van der Waals surface area (Å²) in [6.07, 6.45) is 0.978. The van der Waals surface area contributed by atoms with Crippen LogP contribution in [0.5, 0.6) is 17.4 Å². The second-order valence-corrected chi connectivity index (χ2v) is 8.90. The summed E-state index contributed by atoms with van der Waals surface area (Å²) >= 11 is 6.17. The number of carbonyl (C=O) groups excluding carboxylic acids is 1. The molecule has 2 aromatic heterocycles. The molecule has 0 aliphatic carbocycles. The average molecular weight is 594 g/mol. The first-order chi connectivity index (χ1) is 19.5. The van der Waals surface area contributed by atoms with E-state index in [9.17, 15) is 27.6 Å². The summed E-state index contributed by atoms with van der Waals surface area (Å²) in [7, 11) is 1.24. The molecule has 4 rings (SSSR count). The molecule has 214 valence electrons. The normalized spacial score (nSPS) is 10.9. The Morgan fingerprint density at radius 3 is 2.46 bits per heavy atom. The van der Waals surface area contributed by atoms with Crippen molar-refractivity contribution in [3.8, 4) is 23.1 Å². The van der Waals surface area contributed by atoms with Crippen molar-refractivity contribution in [3.05, 3.63) is 109 Å². The van der Waals surface area contributed by atoms with Crippen LogP contribution in [0.15, 0.2) is 58.3 Å². The Hall–Kier alpha value is -4.65. The van der Waals surface area contributed by atoms with Crippen LogP contribution in [0.4, 0.5) is 17.6 Å². The molecule has 0 fully saturated rings. The van der Waals surface area contributed by atoms with Crippen LogP contribution in [0.3, 0.4) is 0 Å². The SMILES string of the molecule is CC(=O)OCCOc1ncccc1Oc1cc(-n2c(=O)cc(Cc3ccc(F)c(F)c3F)n(C)c2=O)c(F)cc1Cl. The maximum absolute atomic E-state index is 15.0. The van der Waals surface area contributed by atoms with Crippen LogP contribution in [0.2, 0.25) is 5.02 Å². The number of pyridine rings is 1. The quantitative estimate of drug-likeness (QED) is 0.122. The van der Waals surface area contributed by atoms with Gasteiger partial charge in [0.15, 0.2) is 23.2 Å². The van der Waals surface area contributed by atoms with Gasteiger partial charge in [0.05, 0.1) is 10.7 Å². The Balaban J connectivity index is 1.68. The Morgan fingerprint density at radius 2 is 1.73 bits per heavy atom. The van der Waals surface area contributed by atoms with E-state index >= 15 is 4.39 Å². The number of rotatable bonds is 9. The van der Waals surface area contributed by atoms with Gasteiger partial charge in [-0.1, -0.05) is 17.7 Å². The molecule has 0 saturated carbocycles. The monoisotopic (exact) mass is 593 g/mol. The molecule has 0 saturated heterocycles. The molecule has 0 atom stereocenters. The van der Waals surface area contributed by atoms with E-state index in [1.54, 1.807) is 0 Å². The van der Waals surface area contributed by atoms with E-state index < -0.39 is 52.6 Å². The lowest BCUT2D eigenvalue weighted by Crippen LogP contribution is -2.39. The topological polar surface area (TPSA) is 102 Å². The van der Waals surface area contributed by atoms with E-state index in [0.717, 1.165) is 34.9 Å². The van der Waals surface area contributed by atoms with Gasteiger partial charge in [-0.15, -0.1) is 0 Å². The molecule has 0 unspecified atom stereocenters. The second-order valence-electron chi connectivity index (χ2n) is 8.49. The molecule has 2 aromatic carbocycles. The molecule has 14 heteroatoms. The highest BCUT2D eigenvalue weighted by atomic mass is 35.5. The Morgan fingerprint density at radius 1 is 0.976 bits per heavy atom. The molecule has 0 aliphatic heterocycles. The summed E-state index contributed by atoms with van der Waals surface area (Å²) < 4.78 is 73.6. The van der Waals surface area contributed by atoms with E-state index in [1.807, 2.05) is 0 Å². The molecule has 9 nitrogen and oxygen atoms in total. The molecular weight excluding hydrogens is 574 g/mol. The van der Waals surface area contributed by atoms with Gasteiger partial charge in [-0.05, 0) is 29.8 Å². The van der Waals surface area contributed by atoms with E-state index in [1.165, 1.54) is 32.3 Å². The highest BCUT2D eigenvalue weighted by Gasteiger charge is 2.20.